The Hall–Kier alpha value is -3.15. The number of hydrogen-bond donors (Lipinski definition) is 1. The second kappa shape index (κ2) is 10.9. The molecule has 0 atom stereocenters. The van der Waals surface area contributed by atoms with E-state index in [-0.39, 0.29) is 37.2 Å². The van der Waals surface area contributed by atoms with Crippen molar-refractivity contribution in [1.29, 1.82) is 0 Å². The van der Waals surface area contributed by atoms with Crippen molar-refractivity contribution in [1.82, 2.24) is 0 Å². The Morgan fingerprint density at radius 1 is 0.964 bits per heavy atom. The molecule has 0 aromatic heterocycles. The van der Waals surface area contributed by atoms with E-state index in [2.05, 4.69) is 5.32 Å². The number of hydrogen-bond acceptors (Lipinski definition) is 5. The van der Waals surface area contributed by atoms with Crippen LogP contribution in [0.25, 0.3) is 0 Å². The van der Waals surface area contributed by atoms with Crippen LogP contribution in [0.5, 0.6) is 5.75 Å². The van der Waals surface area contributed by atoms with Gasteiger partial charge in [0, 0.05) is 17.7 Å². The highest BCUT2D eigenvalue weighted by molar-refractivity contribution is 5.98. The van der Waals surface area contributed by atoms with Crippen molar-refractivity contribution < 1.29 is 23.9 Å². The summed E-state index contributed by atoms with van der Waals surface area (Å²) in [5, 5.41) is 2.78. The van der Waals surface area contributed by atoms with Crippen molar-refractivity contribution in [3.63, 3.8) is 0 Å². The monoisotopic (exact) mass is 383 g/mol. The first-order valence-electron chi connectivity index (χ1n) is 9.20. The first-order valence-corrected chi connectivity index (χ1v) is 9.20. The number of para-hydroxylation sites is 1. The Labute approximate surface area is 164 Å². The van der Waals surface area contributed by atoms with Gasteiger partial charge in [0.1, 0.15) is 5.75 Å². The second-order valence-electron chi connectivity index (χ2n) is 6.72. The fourth-order valence-corrected chi connectivity index (χ4v) is 2.39. The number of nitrogens with one attached hydrogen (secondary N) is 1. The molecule has 28 heavy (non-hydrogen) atoms. The van der Waals surface area contributed by atoms with Gasteiger partial charge >= 0.3 is 5.97 Å². The molecule has 0 spiro atoms. The molecule has 2 aromatic carbocycles. The van der Waals surface area contributed by atoms with Gasteiger partial charge in [-0.1, -0.05) is 32.0 Å². The third-order valence-electron chi connectivity index (χ3n) is 3.77. The summed E-state index contributed by atoms with van der Waals surface area (Å²) in [6, 6.07) is 15.6. The Morgan fingerprint density at radius 2 is 1.64 bits per heavy atom. The number of ketones is 1. The van der Waals surface area contributed by atoms with E-state index >= 15 is 0 Å². The van der Waals surface area contributed by atoms with Crippen LogP contribution in [0, 0.1) is 5.92 Å². The molecule has 0 radical (unpaired) electrons. The zero-order valence-corrected chi connectivity index (χ0v) is 16.1. The molecule has 0 fully saturated rings. The topological polar surface area (TPSA) is 81.7 Å². The van der Waals surface area contributed by atoms with Crippen LogP contribution in [0.15, 0.2) is 54.6 Å². The van der Waals surface area contributed by atoms with Crippen LogP contribution in [0.1, 0.15) is 37.0 Å². The van der Waals surface area contributed by atoms with Crippen molar-refractivity contribution in [2.24, 2.45) is 5.92 Å². The quantitative estimate of drug-likeness (QED) is 0.498. The lowest BCUT2D eigenvalue weighted by atomic mass is 10.1. The molecule has 0 unspecified atom stereocenters. The number of Topliss-reactive ketones (excluding diaryl/α,β-unsaturated/α-hetero) is 1. The predicted octanol–water partition coefficient (Wildman–Crippen LogP) is 3.87. The molecule has 2 rings (SSSR count). The molecule has 2 aromatic rings. The molecular formula is C22H25NO5. The second-order valence-corrected chi connectivity index (χ2v) is 6.72. The third kappa shape index (κ3) is 7.61. The van der Waals surface area contributed by atoms with Gasteiger partial charge in [-0.15, -0.1) is 0 Å². The molecule has 0 aliphatic rings. The zero-order valence-electron chi connectivity index (χ0n) is 16.1. The van der Waals surface area contributed by atoms with Crippen LogP contribution in [0.3, 0.4) is 0 Å². The van der Waals surface area contributed by atoms with Gasteiger partial charge in [-0.25, -0.2) is 0 Å². The van der Waals surface area contributed by atoms with E-state index in [1.807, 2.05) is 32.0 Å². The lowest BCUT2D eigenvalue weighted by molar-refractivity contribution is -0.143. The van der Waals surface area contributed by atoms with Crippen LogP contribution in [0.4, 0.5) is 5.69 Å². The number of carbonyl (C=O) groups excluding carboxylic acids is 3. The van der Waals surface area contributed by atoms with Crippen LogP contribution >= 0.6 is 0 Å². The maximum Gasteiger partial charge on any atom is 0.309 e. The maximum atomic E-state index is 12.1. The average Bonchev–Trinajstić information content (AvgIpc) is 2.67. The number of amides is 1. The summed E-state index contributed by atoms with van der Waals surface area (Å²) >= 11 is 0. The van der Waals surface area contributed by atoms with E-state index in [4.69, 9.17) is 9.47 Å². The molecule has 148 valence electrons. The van der Waals surface area contributed by atoms with Crippen molar-refractivity contribution in [3.8, 4) is 5.75 Å². The summed E-state index contributed by atoms with van der Waals surface area (Å²) in [5.41, 5.74) is 1.03. The van der Waals surface area contributed by atoms with Crippen LogP contribution in [-0.2, 0) is 14.3 Å². The van der Waals surface area contributed by atoms with Gasteiger partial charge in [0.05, 0.1) is 13.0 Å². The highest BCUT2D eigenvalue weighted by Gasteiger charge is 2.11. The summed E-state index contributed by atoms with van der Waals surface area (Å²) < 4.78 is 10.4. The molecule has 0 saturated heterocycles. The lowest BCUT2D eigenvalue weighted by Gasteiger charge is -2.08. The lowest BCUT2D eigenvalue weighted by Crippen LogP contribution is -2.16. The van der Waals surface area contributed by atoms with Crippen molar-refractivity contribution in [3.05, 3.63) is 60.2 Å². The van der Waals surface area contributed by atoms with E-state index in [9.17, 15) is 14.4 Å². The molecule has 0 aliphatic carbocycles. The van der Waals surface area contributed by atoms with Crippen LogP contribution in [-0.4, -0.2) is 30.9 Å². The Kier molecular flexibility index (Phi) is 8.21. The molecule has 1 amide bonds. The van der Waals surface area contributed by atoms with Gasteiger partial charge in [-0.05, 0) is 42.3 Å². The number of esters is 1. The Morgan fingerprint density at radius 3 is 2.29 bits per heavy atom. The molecular weight excluding hydrogens is 358 g/mol. The predicted molar refractivity (Wildman–Crippen MR) is 106 cm³/mol. The first kappa shape index (κ1) is 21.2. The third-order valence-corrected chi connectivity index (χ3v) is 3.77. The fraction of sp³-hybridized carbons (Fsp3) is 0.318. The van der Waals surface area contributed by atoms with Gasteiger partial charge < -0.3 is 14.8 Å². The molecule has 0 saturated carbocycles. The van der Waals surface area contributed by atoms with E-state index in [1.165, 1.54) is 0 Å². The summed E-state index contributed by atoms with van der Waals surface area (Å²) in [7, 11) is 0. The minimum Gasteiger partial charge on any atom is -0.493 e. The van der Waals surface area contributed by atoms with E-state index in [1.54, 1.807) is 36.4 Å². The standard InChI is InChI=1S/C22H25NO5/c1-16(2)14-21(25)23-18-10-8-17(9-11-18)20(24)15-28-22(26)12-13-27-19-6-4-3-5-7-19/h3-11,16H,12-15H2,1-2H3,(H,23,25). The van der Waals surface area contributed by atoms with E-state index in [0.29, 0.717) is 23.4 Å². The van der Waals surface area contributed by atoms with Gasteiger partial charge in [-0.2, -0.15) is 0 Å². The van der Waals surface area contributed by atoms with Gasteiger partial charge in [0.2, 0.25) is 5.91 Å². The number of carbonyl (C=O) groups is 3. The van der Waals surface area contributed by atoms with Crippen LogP contribution in [0.2, 0.25) is 0 Å². The van der Waals surface area contributed by atoms with Gasteiger partial charge in [0.15, 0.2) is 12.4 Å². The number of ether oxygens (including phenoxy) is 2. The number of anilines is 1. The van der Waals surface area contributed by atoms with Gasteiger partial charge in [0.25, 0.3) is 0 Å². The van der Waals surface area contributed by atoms with Gasteiger partial charge in [-0.3, -0.25) is 14.4 Å². The highest BCUT2D eigenvalue weighted by Crippen LogP contribution is 2.12. The Balaban J connectivity index is 1.71. The molecule has 0 bridgehead atoms. The summed E-state index contributed by atoms with van der Waals surface area (Å²) in [4.78, 5) is 35.6. The average molecular weight is 383 g/mol. The van der Waals surface area contributed by atoms with Crippen molar-refractivity contribution in [2.45, 2.75) is 26.7 Å². The van der Waals surface area contributed by atoms with Crippen molar-refractivity contribution in [2.75, 3.05) is 18.5 Å². The summed E-state index contributed by atoms with van der Waals surface area (Å²) in [5.74, 6) is 0.0699. The molecule has 1 N–H and O–H groups in total. The SMILES string of the molecule is CC(C)CC(=O)Nc1ccc(C(=O)COC(=O)CCOc2ccccc2)cc1. The van der Waals surface area contributed by atoms with E-state index in [0.717, 1.165) is 0 Å². The Bertz CT molecular complexity index is 784. The molecule has 6 heteroatoms. The first-order chi connectivity index (χ1) is 13.4. The zero-order chi connectivity index (χ0) is 20.4. The highest BCUT2D eigenvalue weighted by atomic mass is 16.5. The fourth-order valence-electron chi connectivity index (χ4n) is 2.39. The molecule has 0 aliphatic heterocycles. The van der Waals surface area contributed by atoms with Crippen LogP contribution < -0.4 is 10.1 Å². The normalized spacial score (nSPS) is 10.4. The minimum absolute atomic E-state index is 0.0585. The summed E-state index contributed by atoms with van der Waals surface area (Å²) in [6.07, 6.45) is 0.494. The smallest absolute Gasteiger partial charge is 0.309 e. The molecule has 0 heterocycles. The van der Waals surface area contributed by atoms with Crippen molar-refractivity contribution >= 4 is 23.3 Å². The number of rotatable bonds is 10. The van der Waals surface area contributed by atoms with E-state index < -0.39 is 5.97 Å². The minimum atomic E-state index is -0.498. The molecule has 6 nitrogen and oxygen atoms in total. The largest absolute Gasteiger partial charge is 0.493 e. The number of benzene rings is 2. The maximum absolute atomic E-state index is 12.1. The summed E-state index contributed by atoms with van der Waals surface area (Å²) in [6.45, 7) is 3.79.